The number of fused-ring (bicyclic) bond motifs is 4. The Hall–Kier alpha value is -0.0800. The summed E-state index contributed by atoms with van der Waals surface area (Å²) >= 11 is 0. The molecule has 2 aliphatic carbocycles. The molecule has 2 saturated carbocycles. The summed E-state index contributed by atoms with van der Waals surface area (Å²) in [6.07, 6.45) is 13.4. The molecule has 120 valence electrons. The van der Waals surface area contributed by atoms with Crippen LogP contribution in [0.25, 0.3) is 0 Å². The summed E-state index contributed by atoms with van der Waals surface area (Å²) in [5.41, 5.74) is 0. The molecular weight excluding hydrogens is 256 g/mol. The normalized spacial score (nSPS) is 47.7. The Balaban J connectivity index is 1.47. The smallest absolute Gasteiger partial charge is 0.0116 e. The van der Waals surface area contributed by atoms with Crippen LogP contribution in [0.5, 0.6) is 0 Å². The molecule has 2 heteroatoms. The van der Waals surface area contributed by atoms with Crippen molar-refractivity contribution in [3.63, 3.8) is 0 Å². The second kappa shape index (κ2) is 5.85. The highest BCUT2D eigenvalue weighted by Gasteiger charge is 2.47. The average Bonchev–Trinajstić information content (AvgIpc) is 3.08. The summed E-state index contributed by atoms with van der Waals surface area (Å²) in [5, 5.41) is 3.74. The van der Waals surface area contributed by atoms with E-state index >= 15 is 0 Å². The molecule has 1 N–H and O–H groups in total. The van der Waals surface area contributed by atoms with E-state index < -0.39 is 0 Å². The van der Waals surface area contributed by atoms with Crippen molar-refractivity contribution < 1.29 is 0 Å². The van der Waals surface area contributed by atoms with Crippen LogP contribution >= 0.6 is 0 Å². The lowest BCUT2D eigenvalue weighted by atomic mass is 9.76. The zero-order valence-electron chi connectivity index (χ0n) is 14.1. The van der Waals surface area contributed by atoms with Crippen molar-refractivity contribution in [2.75, 3.05) is 6.54 Å². The summed E-state index contributed by atoms with van der Waals surface area (Å²) in [7, 11) is 0. The minimum absolute atomic E-state index is 0.800. The van der Waals surface area contributed by atoms with Crippen LogP contribution in [0.4, 0.5) is 0 Å². The van der Waals surface area contributed by atoms with E-state index in [0.717, 1.165) is 48.5 Å². The summed E-state index contributed by atoms with van der Waals surface area (Å²) in [6.45, 7) is 6.00. The summed E-state index contributed by atoms with van der Waals surface area (Å²) in [5.74, 6) is 3.21. The van der Waals surface area contributed by atoms with Gasteiger partial charge in [-0.2, -0.15) is 0 Å². The molecule has 6 unspecified atom stereocenters. The fraction of sp³-hybridized carbons (Fsp3) is 1.00. The molecule has 2 saturated heterocycles. The second-order valence-corrected chi connectivity index (χ2v) is 8.49. The Kier molecular flexibility index (Phi) is 4.04. The van der Waals surface area contributed by atoms with Crippen molar-refractivity contribution in [3.05, 3.63) is 0 Å². The lowest BCUT2D eigenvalue weighted by molar-refractivity contribution is -0.0320. The molecule has 4 rings (SSSR count). The van der Waals surface area contributed by atoms with Crippen molar-refractivity contribution >= 4 is 0 Å². The summed E-state index contributed by atoms with van der Waals surface area (Å²) < 4.78 is 0. The molecule has 4 bridgehead atoms. The van der Waals surface area contributed by atoms with Crippen LogP contribution in [-0.2, 0) is 0 Å². The van der Waals surface area contributed by atoms with Gasteiger partial charge >= 0.3 is 0 Å². The van der Waals surface area contributed by atoms with Crippen molar-refractivity contribution in [2.45, 2.75) is 95.8 Å². The number of nitrogens with one attached hydrogen (secondary N) is 1. The van der Waals surface area contributed by atoms with Crippen LogP contribution < -0.4 is 5.32 Å². The molecule has 0 radical (unpaired) electrons. The van der Waals surface area contributed by atoms with Crippen molar-refractivity contribution in [1.29, 1.82) is 0 Å². The van der Waals surface area contributed by atoms with Gasteiger partial charge in [0.25, 0.3) is 0 Å². The minimum Gasteiger partial charge on any atom is -0.314 e. The number of hydrogen-bond acceptors (Lipinski definition) is 2. The second-order valence-electron chi connectivity index (χ2n) is 8.49. The quantitative estimate of drug-likeness (QED) is 0.847. The van der Waals surface area contributed by atoms with Crippen molar-refractivity contribution in [2.24, 2.45) is 17.8 Å². The van der Waals surface area contributed by atoms with E-state index in [1.807, 2.05) is 0 Å². The summed E-state index contributed by atoms with van der Waals surface area (Å²) in [4.78, 5) is 3.02. The highest BCUT2D eigenvalue weighted by atomic mass is 15.2. The first-order valence-corrected chi connectivity index (χ1v) is 9.77. The van der Waals surface area contributed by atoms with E-state index in [2.05, 4.69) is 24.1 Å². The third-order valence-electron chi connectivity index (χ3n) is 7.41. The van der Waals surface area contributed by atoms with E-state index in [0.29, 0.717) is 0 Å². The maximum absolute atomic E-state index is 3.74. The Morgan fingerprint density at radius 3 is 2.33 bits per heavy atom. The number of piperidine rings is 2. The van der Waals surface area contributed by atoms with E-state index in [1.165, 1.54) is 32.1 Å². The largest absolute Gasteiger partial charge is 0.314 e. The number of nitrogens with zero attached hydrogens (tertiary/aromatic N) is 1. The van der Waals surface area contributed by atoms with E-state index in [-0.39, 0.29) is 0 Å². The molecule has 0 aromatic heterocycles. The predicted octanol–water partition coefficient (Wildman–Crippen LogP) is 3.81. The maximum Gasteiger partial charge on any atom is 0.0116 e. The fourth-order valence-corrected chi connectivity index (χ4v) is 6.64. The van der Waals surface area contributed by atoms with Crippen molar-refractivity contribution in [3.8, 4) is 0 Å². The van der Waals surface area contributed by atoms with Gasteiger partial charge in [-0.25, -0.2) is 0 Å². The highest BCUT2D eigenvalue weighted by molar-refractivity contribution is 5.01. The van der Waals surface area contributed by atoms with E-state index in [9.17, 15) is 0 Å². The third-order valence-corrected chi connectivity index (χ3v) is 7.41. The van der Waals surface area contributed by atoms with Gasteiger partial charge in [0, 0.05) is 24.2 Å². The topological polar surface area (TPSA) is 15.3 Å². The van der Waals surface area contributed by atoms with Crippen LogP contribution in [0.3, 0.4) is 0 Å². The molecule has 0 aromatic carbocycles. The van der Waals surface area contributed by atoms with Crippen molar-refractivity contribution in [1.82, 2.24) is 10.2 Å². The highest BCUT2D eigenvalue weighted by Crippen LogP contribution is 2.51. The third kappa shape index (κ3) is 2.57. The molecule has 2 nitrogen and oxygen atoms in total. The van der Waals surface area contributed by atoms with Gasteiger partial charge in [-0.05, 0) is 76.2 Å². The van der Waals surface area contributed by atoms with Crippen LogP contribution in [0.15, 0.2) is 0 Å². The van der Waals surface area contributed by atoms with Gasteiger partial charge in [0.1, 0.15) is 0 Å². The lowest BCUT2D eigenvalue weighted by Crippen LogP contribution is -2.60. The van der Waals surface area contributed by atoms with Gasteiger partial charge in [0.2, 0.25) is 0 Å². The van der Waals surface area contributed by atoms with Crippen LogP contribution in [0.2, 0.25) is 0 Å². The fourth-order valence-electron chi connectivity index (χ4n) is 6.64. The lowest BCUT2D eigenvalue weighted by Gasteiger charge is -2.53. The average molecular weight is 290 g/mol. The monoisotopic (exact) mass is 290 g/mol. The molecule has 21 heavy (non-hydrogen) atoms. The first-order valence-electron chi connectivity index (χ1n) is 9.77. The first-order chi connectivity index (χ1) is 10.3. The predicted molar refractivity (Wildman–Crippen MR) is 88.4 cm³/mol. The molecule has 6 atom stereocenters. The SMILES string of the molecule is CCNC1CC2CCCC(C1)N2C(C)C1CC2CCC1C2. The van der Waals surface area contributed by atoms with Gasteiger partial charge in [0.05, 0.1) is 0 Å². The van der Waals surface area contributed by atoms with Gasteiger partial charge in [-0.3, -0.25) is 4.90 Å². The molecule has 0 spiro atoms. The standard InChI is InChI=1S/C19H34N2/c1-3-20-16-11-17-5-4-6-18(12-16)21(17)13(2)19-10-14-7-8-15(19)9-14/h13-20H,3-12H2,1-2H3. The van der Waals surface area contributed by atoms with Gasteiger partial charge in [0.15, 0.2) is 0 Å². The molecule has 0 aromatic rings. The molecule has 4 fully saturated rings. The number of rotatable bonds is 4. The Labute approximate surface area is 131 Å². The van der Waals surface area contributed by atoms with Gasteiger partial charge in [-0.1, -0.05) is 19.8 Å². The molecule has 4 aliphatic rings. The Bertz CT molecular complexity index is 355. The Morgan fingerprint density at radius 1 is 1.00 bits per heavy atom. The zero-order chi connectivity index (χ0) is 14.4. The molecule has 2 aliphatic heterocycles. The summed E-state index contributed by atoms with van der Waals surface area (Å²) in [6, 6.07) is 3.43. The Morgan fingerprint density at radius 2 is 1.76 bits per heavy atom. The molecular formula is C19H34N2. The van der Waals surface area contributed by atoms with Crippen LogP contribution in [0, 0.1) is 17.8 Å². The van der Waals surface area contributed by atoms with E-state index in [4.69, 9.17) is 0 Å². The molecule has 0 amide bonds. The number of hydrogen-bond donors (Lipinski definition) is 1. The maximum atomic E-state index is 3.74. The zero-order valence-corrected chi connectivity index (χ0v) is 14.1. The van der Waals surface area contributed by atoms with Gasteiger partial charge < -0.3 is 5.32 Å². The van der Waals surface area contributed by atoms with Crippen LogP contribution in [0.1, 0.15) is 71.6 Å². The first kappa shape index (κ1) is 14.5. The minimum atomic E-state index is 0.800. The van der Waals surface area contributed by atoms with Gasteiger partial charge in [-0.15, -0.1) is 0 Å². The molecule has 2 heterocycles. The van der Waals surface area contributed by atoms with E-state index in [1.54, 1.807) is 25.7 Å². The van der Waals surface area contributed by atoms with Crippen LogP contribution in [-0.4, -0.2) is 35.6 Å².